The topological polar surface area (TPSA) is 49.3 Å². The van der Waals surface area contributed by atoms with E-state index in [1.807, 2.05) is 0 Å². The molecular formula is C6H8F3NO2S. The van der Waals surface area contributed by atoms with Crippen molar-refractivity contribution in [2.24, 2.45) is 0 Å². The van der Waals surface area contributed by atoms with Crippen molar-refractivity contribution in [3.63, 3.8) is 0 Å². The van der Waals surface area contributed by atoms with E-state index < -0.39 is 24.2 Å². The summed E-state index contributed by atoms with van der Waals surface area (Å²) in [5.74, 6) is -1.30. The predicted octanol–water partition coefficient (Wildman–Crippen LogP) is 0.141. The summed E-state index contributed by atoms with van der Waals surface area (Å²) in [6, 6.07) is -0.779. The van der Waals surface area contributed by atoms with Crippen LogP contribution in [-0.2, 0) is 4.79 Å². The molecule has 1 amide bonds. The fraction of sp³-hybridized carbons (Fsp3) is 0.833. The Labute approximate surface area is 76.7 Å². The molecule has 76 valence electrons. The first-order chi connectivity index (χ1) is 5.91. The molecule has 0 aromatic heterocycles. The molecule has 1 saturated heterocycles. The number of amides is 1. The van der Waals surface area contributed by atoms with Gasteiger partial charge in [0.25, 0.3) is 0 Å². The van der Waals surface area contributed by atoms with E-state index in [1.54, 1.807) is 5.32 Å². The molecule has 1 aliphatic heterocycles. The Balaban J connectivity index is 2.45. The normalized spacial score (nSPS) is 28.9. The highest BCUT2D eigenvalue weighted by Crippen LogP contribution is 2.20. The Morgan fingerprint density at radius 1 is 1.46 bits per heavy atom. The third-order valence-corrected chi connectivity index (χ3v) is 2.80. The quantitative estimate of drug-likeness (QED) is 0.654. The maximum atomic E-state index is 11.7. The lowest BCUT2D eigenvalue weighted by atomic mass is 10.2. The van der Waals surface area contributed by atoms with Gasteiger partial charge in [-0.15, -0.1) is 0 Å². The molecule has 1 fully saturated rings. The maximum Gasteiger partial charge on any atom is 0.471 e. The second kappa shape index (κ2) is 3.75. The van der Waals surface area contributed by atoms with E-state index in [9.17, 15) is 18.0 Å². The highest BCUT2D eigenvalue weighted by Gasteiger charge is 2.41. The Morgan fingerprint density at radius 3 is 2.46 bits per heavy atom. The van der Waals surface area contributed by atoms with Gasteiger partial charge in [0.2, 0.25) is 0 Å². The van der Waals surface area contributed by atoms with Gasteiger partial charge < -0.3 is 10.4 Å². The van der Waals surface area contributed by atoms with Crippen molar-refractivity contribution in [1.82, 2.24) is 5.32 Å². The molecule has 1 rings (SSSR count). The van der Waals surface area contributed by atoms with Crippen molar-refractivity contribution in [2.45, 2.75) is 18.3 Å². The summed E-state index contributed by atoms with van der Waals surface area (Å²) in [5.41, 5.74) is 0. The Bertz CT molecular complexity index is 209. The molecule has 3 nitrogen and oxygen atoms in total. The van der Waals surface area contributed by atoms with E-state index in [2.05, 4.69) is 0 Å². The number of alkyl halides is 3. The second-order valence-electron chi connectivity index (χ2n) is 2.68. The van der Waals surface area contributed by atoms with E-state index >= 15 is 0 Å². The van der Waals surface area contributed by atoms with Gasteiger partial charge in [0.05, 0.1) is 12.1 Å². The zero-order valence-electron chi connectivity index (χ0n) is 6.47. The van der Waals surface area contributed by atoms with Crippen molar-refractivity contribution in [2.75, 3.05) is 11.5 Å². The molecule has 0 bridgehead atoms. The molecule has 2 N–H and O–H groups in total. The van der Waals surface area contributed by atoms with Crippen LogP contribution in [0.4, 0.5) is 13.2 Å². The van der Waals surface area contributed by atoms with Gasteiger partial charge in [-0.3, -0.25) is 4.79 Å². The van der Waals surface area contributed by atoms with Crippen LogP contribution in [-0.4, -0.2) is 40.8 Å². The van der Waals surface area contributed by atoms with Crippen LogP contribution < -0.4 is 5.32 Å². The minimum Gasteiger partial charge on any atom is -0.390 e. The molecular weight excluding hydrogens is 207 g/mol. The van der Waals surface area contributed by atoms with Gasteiger partial charge in [0.1, 0.15) is 0 Å². The van der Waals surface area contributed by atoms with Gasteiger partial charge in [-0.25, -0.2) is 0 Å². The lowest BCUT2D eigenvalue weighted by molar-refractivity contribution is -0.174. The van der Waals surface area contributed by atoms with Crippen LogP contribution in [0.5, 0.6) is 0 Å². The highest BCUT2D eigenvalue weighted by atomic mass is 32.2. The smallest absolute Gasteiger partial charge is 0.390 e. The number of aliphatic hydroxyl groups is 1. The molecule has 0 aromatic rings. The molecule has 2 unspecified atom stereocenters. The Morgan fingerprint density at radius 2 is 2.08 bits per heavy atom. The summed E-state index contributed by atoms with van der Waals surface area (Å²) in [4.78, 5) is 10.4. The summed E-state index contributed by atoms with van der Waals surface area (Å²) in [7, 11) is 0. The average molecular weight is 215 g/mol. The van der Waals surface area contributed by atoms with Gasteiger partial charge in [-0.05, 0) is 0 Å². The third-order valence-electron chi connectivity index (χ3n) is 1.62. The molecule has 7 heteroatoms. The first-order valence-electron chi connectivity index (χ1n) is 3.55. The van der Waals surface area contributed by atoms with Crippen molar-refractivity contribution in [3.05, 3.63) is 0 Å². The van der Waals surface area contributed by atoms with E-state index in [0.717, 1.165) is 0 Å². The molecule has 2 atom stereocenters. The van der Waals surface area contributed by atoms with Crippen molar-refractivity contribution >= 4 is 17.7 Å². The molecule has 0 radical (unpaired) electrons. The van der Waals surface area contributed by atoms with Crippen LogP contribution in [0.1, 0.15) is 0 Å². The van der Waals surface area contributed by atoms with Crippen LogP contribution in [0.15, 0.2) is 0 Å². The number of carbonyl (C=O) groups excluding carboxylic acids is 1. The van der Waals surface area contributed by atoms with Crippen LogP contribution in [0, 0.1) is 0 Å². The number of hydrogen-bond donors (Lipinski definition) is 2. The van der Waals surface area contributed by atoms with Crippen LogP contribution in [0.25, 0.3) is 0 Å². The fourth-order valence-corrected chi connectivity index (χ4v) is 2.10. The summed E-state index contributed by atoms with van der Waals surface area (Å²) in [5, 5.41) is 10.8. The zero-order chi connectivity index (χ0) is 10.1. The largest absolute Gasteiger partial charge is 0.471 e. The summed E-state index contributed by atoms with van der Waals surface area (Å²) < 4.78 is 35.2. The zero-order valence-corrected chi connectivity index (χ0v) is 7.28. The fourth-order valence-electron chi connectivity index (χ4n) is 0.931. The molecule has 0 saturated carbocycles. The minimum absolute atomic E-state index is 0.322. The number of carbonyl (C=O) groups is 1. The Kier molecular flexibility index (Phi) is 3.07. The first-order valence-corrected chi connectivity index (χ1v) is 4.70. The molecule has 0 spiro atoms. The van der Waals surface area contributed by atoms with E-state index in [1.165, 1.54) is 11.8 Å². The summed E-state index contributed by atoms with van der Waals surface area (Å²) >= 11 is 1.31. The number of rotatable bonds is 1. The van der Waals surface area contributed by atoms with Crippen molar-refractivity contribution in [1.29, 1.82) is 0 Å². The summed E-state index contributed by atoms with van der Waals surface area (Å²) in [6.45, 7) is 0. The van der Waals surface area contributed by atoms with Gasteiger partial charge in [-0.1, -0.05) is 0 Å². The van der Waals surface area contributed by atoms with Crippen LogP contribution >= 0.6 is 11.8 Å². The maximum absolute atomic E-state index is 11.7. The molecule has 0 aliphatic carbocycles. The van der Waals surface area contributed by atoms with Gasteiger partial charge in [0, 0.05) is 11.5 Å². The lowest BCUT2D eigenvalue weighted by Gasteiger charge is -2.16. The molecule has 0 aromatic carbocycles. The number of aliphatic hydroxyl groups excluding tert-OH is 1. The van der Waals surface area contributed by atoms with Crippen LogP contribution in [0.2, 0.25) is 0 Å². The SMILES string of the molecule is O=C(NC1CSCC1O)C(F)(F)F. The monoisotopic (exact) mass is 215 g/mol. The number of halogens is 3. The Hall–Kier alpha value is -0.430. The van der Waals surface area contributed by atoms with Crippen LogP contribution in [0.3, 0.4) is 0 Å². The number of nitrogens with one attached hydrogen (secondary N) is 1. The number of hydrogen-bond acceptors (Lipinski definition) is 3. The predicted molar refractivity (Wildman–Crippen MR) is 41.3 cm³/mol. The average Bonchev–Trinajstić information content (AvgIpc) is 2.34. The number of thioether (sulfide) groups is 1. The molecule has 13 heavy (non-hydrogen) atoms. The van der Waals surface area contributed by atoms with Gasteiger partial charge in [0.15, 0.2) is 0 Å². The second-order valence-corrected chi connectivity index (χ2v) is 3.76. The highest BCUT2D eigenvalue weighted by molar-refractivity contribution is 7.99. The third kappa shape index (κ3) is 2.77. The molecule has 1 heterocycles. The standard InChI is InChI=1S/C6H8F3NO2S/c7-6(8,9)5(12)10-3-1-13-2-4(3)11/h3-4,11H,1-2H2,(H,10,12). The summed E-state index contributed by atoms with van der Waals surface area (Å²) in [6.07, 6.45) is -5.75. The van der Waals surface area contributed by atoms with Gasteiger partial charge >= 0.3 is 12.1 Å². The lowest BCUT2D eigenvalue weighted by Crippen LogP contribution is -2.47. The van der Waals surface area contributed by atoms with Crippen molar-refractivity contribution in [3.8, 4) is 0 Å². The van der Waals surface area contributed by atoms with Gasteiger partial charge in [-0.2, -0.15) is 24.9 Å². The van der Waals surface area contributed by atoms with E-state index in [4.69, 9.17) is 5.11 Å². The molecule has 1 aliphatic rings. The first kappa shape index (κ1) is 10.6. The van der Waals surface area contributed by atoms with E-state index in [-0.39, 0.29) is 0 Å². The minimum atomic E-state index is -4.87. The van der Waals surface area contributed by atoms with E-state index in [0.29, 0.717) is 11.5 Å². The van der Waals surface area contributed by atoms with Crippen molar-refractivity contribution < 1.29 is 23.1 Å².